The Morgan fingerprint density at radius 2 is 1.97 bits per heavy atom. The van der Waals surface area contributed by atoms with E-state index in [2.05, 4.69) is 46.1 Å². The lowest BCUT2D eigenvalue weighted by Gasteiger charge is -2.21. The third kappa shape index (κ3) is 2.83. The van der Waals surface area contributed by atoms with Crippen molar-refractivity contribution in [2.45, 2.75) is 38.5 Å². The van der Waals surface area contributed by atoms with E-state index in [1.165, 1.54) is 39.0 Å². The molecule has 5 nitrogen and oxygen atoms in total. The van der Waals surface area contributed by atoms with Crippen molar-refractivity contribution in [1.29, 1.82) is 0 Å². The first-order chi connectivity index (χ1) is 15.0. The van der Waals surface area contributed by atoms with Gasteiger partial charge in [-0.3, -0.25) is 9.89 Å². The number of carbonyl (C=O) groups excluding carboxylic acids is 1. The molecule has 0 bridgehead atoms. The molecule has 0 saturated carbocycles. The van der Waals surface area contributed by atoms with Crippen molar-refractivity contribution in [2.75, 3.05) is 18.0 Å². The summed E-state index contributed by atoms with van der Waals surface area (Å²) in [6.07, 6.45) is 5.16. The number of nitrogens with one attached hydrogen (secondary N) is 2. The van der Waals surface area contributed by atoms with Crippen LogP contribution in [-0.4, -0.2) is 34.1 Å². The molecule has 0 fully saturated rings. The van der Waals surface area contributed by atoms with Gasteiger partial charge in [0.1, 0.15) is 0 Å². The summed E-state index contributed by atoms with van der Waals surface area (Å²) in [6.45, 7) is 5.79. The standard InChI is InChI=1S/C26H26N4O/c1-26(2)15-30(14-23(31)16-7-4-3-5-8-16)22-11-19-18-10-6-9-17-13-27-29-24(17)25(18)28-21(19)12-20(22)26/h3-5,7-8,11-13,28H,6,9-10,14-15H2,1-2H3,(H,27,29). The predicted molar refractivity (Wildman–Crippen MR) is 124 cm³/mol. The average Bonchev–Trinajstić information content (AvgIpc) is 3.40. The minimum absolute atomic E-state index is 0.0118. The van der Waals surface area contributed by atoms with E-state index in [1.807, 2.05) is 36.5 Å². The molecule has 0 unspecified atom stereocenters. The molecular formula is C26H26N4O. The minimum atomic E-state index is -0.0118. The van der Waals surface area contributed by atoms with Crippen LogP contribution in [-0.2, 0) is 18.3 Å². The minimum Gasteiger partial charge on any atom is -0.363 e. The molecule has 5 heteroatoms. The summed E-state index contributed by atoms with van der Waals surface area (Å²) in [6, 6.07) is 14.2. The quantitative estimate of drug-likeness (QED) is 0.466. The highest BCUT2D eigenvalue weighted by Crippen LogP contribution is 2.45. The van der Waals surface area contributed by atoms with Gasteiger partial charge in [0.05, 0.1) is 24.1 Å². The number of hydrogen-bond acceptors (Lipinski definition) is 3. The van der Waals surface area contributed by atoms with Crippen LogP contribution in [0.1, 0.15) is 47.3 Å². The molecule has 0 spiro atoms. The molecule has 1 aliphatic heterocycles. The summed E-state index contributed by atoms with van der Waals surface area (Å²) in [4.78, 5) is 18.9. The highest BCUT2D eigenvalue weighted by atomic mass is 16.1. The summed E-state index contributed by atoms with van der Waals surface area (Å²) in [5.41, 5.74) is 9.38. The Morgan fingerprint density at radius 3 is 2.81 bits per heavy atom. The van der Waals surface area contributed by atoms with Crippen molar-refractivity contribution in [3.63, 3.8) is 0 Å². The molecule has 1 aliphatic carbocycles. The number of benzene rings is 2. The monoisotopic (exact) mass is 410 g/mol. The van der Waals surface area contributed by atoms with Gasteiger partial charge in [0, 0.05) is 34.1 Å². The molecule has 4 aromatic rings. The number of anilines is 1. The zero-order chi connectivity index (χ0) is 21.2. The van der Waals surface area contributed by atoms with Crippen molar-refractivity contribution in [2.24, 2.45) is 0 Å². The molecule has 2 N–H and O–H groups in total. The number of H-pyrrole nitrogens is 2. The van der Waals surface area contributed by atoms with Crippen molar-refractivity contribution in [3.05, 3.63) is 70.9 Å². The van der Waals surface area contributed by atoms with Gasteiger partial charge in [-0.05, 0) is 48.1 Å². The van der Waals surface area contributed by atoms with Crippen molar-refractivity contribution in [3.8, 4) is 11.4 Å². The van der Waals surface area contributed by atoms with Gasteiger partial charge in [-0.1, -0.05) is 44.2 Å². The van der Waals surface area contributed by atoms with Crippen LogP contribution < -0.4 is 4.90 Å². The van der Waals surface area contributed by atoms with Crippen LogP contribution in [0.2, 0.25) is 0 Å². The first-order valence-corrected chi connectivity index (χ1v) is 11.1. The van der Waals surface area contributed by atoms with E-state index in [-0.39, 0.29) is 11.2 Å². The topological polar surface area (TPSA) is 64.8 Å². The van der Waals surface area contributed by atoms with Crippen LogP contribution in [0.4, 0.5) is 5.69 Å². The van der Waals surface area contributed by atoms with E-state index in [1.54, 1.807) is 0 Å². The van der Waals surface area contributed by atoms with Crippen LogP contribution in [0.25, 0.3) is 22.3 Å². The van der Waals surface area contributed by atoms with Gasteiger partial charge in [0.2, 0.25) is 0 Å². The summed E-state index contributed by atoms with van der Waals surface area (Å²) < 4.78 is 0. The first kappa shape index (κ1) is 18.4. The van der Waals surface area contributed by atoms with Crippen LogP contribution in [0.5, 0.6) is 0 Å². The largest absolute Gasteiger partial charge is 0.363 e. The normalized spacial score (nSPS) is 16.6. The summed E-state index contributed by atoms with van der Waals surface area (Å²) >= 11 is 0. The maximum Gasteiger partial charge on any atom is 0.182 e. The highest BCUT2D eigenvalue weighted by Gasteiger charge is 2.37. The van der Waals surface area contributed by atoms with Gasteiger partial charge < -0.3 is 9.88 Å². The van der Waals surface area contributed by atoms with Crippen LogP contribution >= 0.6 is 0 Å². The molecule has 0 saturated heterocycles. The van der Waals surface area contributed by atoms with Gasteiger partial charge in [0.25, 0.3) is 0 Å². The number of Topliss-reactive ketones (excluding diaryl/α,β-unsaturated/α-hetero) is 1. The molecule has 31 heavy (non-hydrogen) atoms. The van der Waals surface area contributed by atoms with E-state index >= 15 is 0 Å². The van der Waals surface area contributed by atoms with Crippen molar-refractivity contribution in [1.82, 2.24) is 15.2 Å². The lowest BCUT2D eigenvalue weighted by Crippen LogP contribution is -2.32. The van der Waals surface area contributed by atoms with Gasteiger partial charge >= 0.3 is 0 Å². The Morgan fingerprint density at radius 1 is 1.13 bits per heavy atom. The number of aromatic amines is 2. The van der Waals surface area contributed by atoms with E-state index in [9.17, 15) is 4.79 Å². The Balaban J connectivity index is 1.46. The van der Waals surface area contributed by atoms with Gasteiger partial charge in [-0.2, -0.15) is 5.10 Å². The number of aromatic nitrogens is 3. The molecule has 2 aliphatic rings. The maximum absolute atomic E-state index is 13.0. The number of aryl methyl sites for hydroxylation is 2. The van der Waals surface area contributed by atoms with E-state index in [4.69, 9.17) is 0 Å². The second-order valence-electron chi connectivity index (χ2n) is 9.55. The Kier molecular flexibility index (Phi) is 3.91. The average molecular weight is 411 g/mol. The number of rotatable bonds is 3. The van der Waals surface area contributed by atoms with Crippen LogP contribution in [0, 0.1) is 0 Å². The van der Waals surface area contributed by atoms with Gasteiger partial charge in [0.15, 0.2) is 5.78 Å². The number of hydrogen-bond donors (Lipinski definition) is 2. The fourth-order valence-corrected chi connectivity index (χ4v) is 5.41. The van der Waals surface area contributed by atoms with E-state index in [0.717, 1.165) is 37.1 Å². The lowest BCUT2D eigenvalue weighted by molar-refractivity contribution is 0.0999. The molecule has 0 amide bonds. The summed E-state index contributed by atoms with van der Waals surface area (Å²) in [7, 11) is 0. The third-order valence-electron chi connectivity index (χ3n) is 6.95. The molecule has 2 aromatic carbocycles. The third-order valence-corrected chi connectivity index (χ3v) is 6.95. The van der Waals surface area contributed by atoms with E-state index < -0.39 is 0 Å². The highest BCUT2D eigenvalue weighted by molar-refractivity contribution is 6.01. The SMILES string of the molecule is CC1(C)CN(CC(=O)c2ccccc2)c2cc3c4c([nH]c3cc21)-c1[nH]ncc1CCC4. The van der Waals surface area contributed by atoms with Crippen molar-refractivity contribution < 1.29 is 4.79 Å². The first-order valence-electron chi connectivity index (χ1n) is 11.1. The fraction of sp³-hybridized carbons (Fsp3) is 0.308. The smallest absolute Gasteiger partial charge is 0.182 e. The molecule has 0 radical (unpaired) electrons. The van der Waals surface area contributed by atoms with Crippen molar-refractivity contribution >= 4 is 22.4 Å². The predicted octanol–water partition coefficient (Wildman–Crippen LogP) is 5.03. The number of ketones is 1. The molecule has 6 rings (SSSR count). The second kappa shape index (κ2) is 6.58. The second-order valence-corrected chi connectivity index (χ2v) is 9.55. The molecule has 2 aromatic heterocycles. The molecular weight excluding hydrogens is 384 g/mol. The van der Waals surface area contributed by atoms with E-state index in [0.29, 0.717) is 6.54 Å². The summed E-state index contributed by atoms with van der Waals surface area (Å²) in [5.74, 6) is 0.166. The van der Waals surface area contributed by atoms with Crippen LogP contribution in [0.3, 0.4) is 0 Å². The summed E-state index contributed by atoms with van der Waals surface area (Å²) in [5, 5.41) is 8.76. The van der Waals surface area contributed by atoms with Crippen LogP contribution in [0.15, 0.2) is 48.7 Å². The van der Waals surface area contributed by atoms with Gasteiger partial charge in [-0.15, -0.1) is 0 Å². The Hall–Kier alpha value is -3.34. The molecule has 0 atom stereocenters. The number of nitrogens with zero attached hydrogens (tertiary/aromatic N) is 2. The van der Waals surface area contributed by atoms with Gasteiger partial charge in [-0.25, -0.2) is 0 Å². The lowest BCUT2D eigenvalue weighted by atomic mass is 9.86. The Labute approximate surface area is 181 Å². The fourth-order valence-electron chi connectivity index (χ4n) is 5.41. The maximum atomic E-state index is 13.0. The zero-order valence-electron chi connectivity index (χ0n) is 18.0. The number of fused-ring (bicyclic) bond motifs is 6. The molecule has 3 heterocycles. The molecule has 156 valence electrons. The number of carbonyl (C=O) groups is 1. The Bertz CT molecular complexity index is 1310. The zero-order valence-corrected chi connectivity index (χ0v) is 18.0.